The maximum absolute atomic E-state index is 13.5. The van der Waals surface area contributed by atoms with Crippen LogP contribution in [-0.4, -0.2) is 53.5 Å². The van der Waals surface area contributed by atoms with Crippen molar-refractivity contribution < 1.29 is 19.4 Å². The van der Waals surface area contributed by atoms with E-state index in [1.165, 1.54) is 5.56 Å². The number of amides is 1. The van der Waals surface area contributed by atoms with Gasteiger partial charge in [-0.1, -0.05) is 25.1 Å². The molecule has 1 N–H and O–H groups in total. The maximum Gasteiger partial charge on any atom is 0.303 e. The number of ether oxygens (including phenoxy) is 1. The molecule has 8 heteroatoms. The predicted octanol–water partition coefficient (Wildman–Crippen LogP) is 5.52. The molecule has 1 amide bonds. The minimum atomic E-state index is -0.743. The molecule has 1 saturated heterocycles. The average molecular weight is 545 g/mol. The number of aryl methyl sites for hydroxylation is 2. The molecule has 0 spiro atoms. The average Bonchev–Trinajstić information content (AvgIpc) is 3.73. The van der Waals surface area contributed by atoms with E-state index in [4.69, 9.17) is 4.74 Å². The van der Waals surface area contributed by atoms with Gasteiger partial charge in [-0.15, -0.1) is 0 Å². The highest BCUT2D eigenvalue weighted by molar-refractivity contribution is 6.09. The molecule has 1 saturated carbocycles. The van der Waals surface area contributed by atoms with Crippen LogP contribution in [0.15, 0.2) is 54.9 Å². The number of carbonyl (C=O) groups excluding carboxylic acids is 1. The molecule has 2 heterocycles. The molecule has 2 fully saturated rings. The summed E-state index contributed by atoms with van der Waals surface area (Å²) in [5.41, 5.74) is 4.76. The number of nitrogens with zero attached hydrogens (tertiary/aromatic N) is 4. The number of aromatic nitrogens is 2. The molecule has 0 bridgehead atoms. The van der Waals surface area contributed by atoms with Gasteiger partial charge in [0.2, 0.25) is 0 Å². The van der Waals surface area contributed by atoms with Crippen LogP contribution >= 0.6 is 0 Å². The van der Waals surface area contributed by atoms with E-state index in [1.807, 2.05) is 49.6 Å². The molecule has 1 unspecified atom stereocenters. The fourth-order valence-corrected chi connectivity index (χ4v) is 5.75. The van der Waals surface area contributed by atoms with Crippen molar-refractivity contribution in [3.63, 3.8) is 0 Å². The van der Waals surface area contributed by atoms with E-state index >= 15 is 0 Å². The topological polar surface area (TPSA) is 87.9 Å². The third-order valence-corrected chi connectivity index (χ3v) is 8.40. The van der Waals surface area contributed by atoms with E-state index in [9.17, 15) is 14.7 Å². The Kier molecular flexibility index (Phi) is 8.43. The molecule has 40 heavy (non-hydrogen) atoms. The number of anilines is 2. The Labute approximate surface area is 236 Å². The van der Waals surface area contributed by atoms with Gasteiger partial charge >= 0.3 is 5.97 Å². The van der Waals surface area contributed by atoms with E-state index in [2.05, 4.69) is 23.0 Å². The molecule has 0 radical (unpaired) electrons. The zero-order valence-corrected chi connectivity index (χ0v) is 23.8. The summed E-state index contributed by atoms with van der Waals surface area (Å²) in [6.45, 7) is 4.49. The van der Waals surface area contributed by atoms with E-state index in [-0.39, 0.29) is 18.2 Å². The number of piperidine rings is 1. The number of carboxylic acids is 1. The van der Waals surface area contributed by atoms with Crippen LogP contribution in [0.5, 0.6) is 5.75 Å². The van der Waals surface area contributed by atoms with Crippen molar-refractivity contribution in [3.05, 3.63) is 71.5 Å². The second-order valence-corrected chi connectivity index (χ2v) is 11.3. The summed E-state index contributed by atoms with van der Waals surface area (Å²) in [5.74, 6) is 0.999. The van der Waals surface area contributed by atoms with Gasteiger partial charge in [0, 0.05) is 39.1 Å². The molecular weight excluding hydrogens is 504 g/mol. The first-order valence-electron chi connectivity index (χ1n) is 14.4. The molecule has 3 aromatic rings. The van der Waals surface area contributed by atoms with Crippen molar-refractivity contribution in [2.45, 2.75) is 51.4 Å². The fraction of sp³-hybridized carbons (Fsp3) is 0.469. The predicted molar refractivity (Wildman–Crippen MR) is 156 cm³/mol. The normalized spacial score (nSPS) is 16.5. The van der Waals surface area contributed by atoms with Gasteiger partial charge in [0.1, 0.15) is 5.75 Å². The van der Waals surface area contributed by atoms with Gasteiger partial charge in [0.05, 0.1) is 30.5 Å². The van der Waals surface area contributed by atoms with Crippen LogP contribution in [-0.2, 0) is 18.3 Å². The first-order valence-corrected chi connectivity index (χ1v) is 14.4. The van der Waals surface area contributed by atoms with Crippen LogP contribution in [0.3, 0.4) is 0 Å². The van der Waals surface area contributed by atoms with Crippen LogP contribution < -0.4 is 14.5 Å². The summed E-state index contributed by atoms with van der Waals surface area (Å²) in [5, 5.41) is 13.6. The molecule has 2 aliphatic rings. The molecule has 212 valence electrons. The van der Waals surface area contributed by atoms with E-state index in [0.717, 1.165) is 67.9 Å². The SMILES string of the molecule is CCc1ccc(C(=O)N(C)c2cnn(C)c2)c(N2CCC(COc3cccc(C(CC(=O)O)C4CC4)c3)CC2)c1. The Morgan fingerprint density at radius 3 is 2.55 bits per heavy atom. The molecular formula is C32H40N4O4. The molecule has 1 aliphatic heterocycles. The van der Waals surface area contributed by atoms with Crippen LogP contribution in [0.1, 0.15) is 66.4 Å². The zero-order valence-electron chi connectivity index (χ0n) is 23.8. The standard InChI is InChI=1S/C32H40N4O4/c1-4-22-8-11-28(32(39)35(3)26-19-33-34(2)20-26)30(16-22)36-14-12-23(13-15-36)21-40-27-7-5-6-25(17-27)29(18-31(37)38)24-9-10-24/h5-8,11,16-17,19-20,23-24,29H,4,9-10,12-15,18,21H2,1-3H3,(H,37,38). The summed E-state index contributed by atoms with van der Waals surface area (Å²) in [6.07, 6.45) is 8.81. The van der Waals surface area contributed by atoms with Crippen molar-refractivity contribution in [2.75, 3.05) is 36.5 Å². The molecule has 1 aromatic heterocycles. The third kappa shape index (κ3) is 6.49. The van der Waals surface area contributed by atoms with Gasteiger partial charge in [-0.05, 0) is 85.3 Å². The van der Waals surface area contributed by atoms with Crippen LogP contribution in [0.2, 0.25) is 0 Å². The lowest BCUT2D eigenvalue weighted by Crippen LogP contribution is -2.37. The van der Waals surface area contributed by atoms with Gasteiger partial charge in [-0.2, -0.15) is 5.10 Å². The number of rotatable bonds is 11. The van der Waals surface area contributed by atoms with Crippen molar-refractivity contribution in [1.29, 1.82) is 0 Å². The lowest BCUT2D eigenvalue weighted by Gasteiger charge is -2.35. The highest BCUT2D eigenvalue weighted by Crippen LogP contribution is 2.45. The van der Waals surface area contributed by atoms with E-state index in [0.29, 0.717) is 24.0 Å². The smallest absolute Gasteiger partial charge is 0.303 e. The van der Waals surface area contributed by atoms with E-state index in [1.54, 1.807) is 22.8 Å². The van der Waals surface area contributed by atoms with Crippen LogP contribution in [0.25, 0.3) is 0 Å². The number of benzene rings is 2. The largest absolute Gasteiger partial charge is 0.493 e. The number of hydrogen-bond acceptors (Lipinski definition) is 5. The summed E-state index contributed by atoms with van der Waals surface area (Å²) >= 11 is 0. The maximum atomic E-state index is 13.5. The van der Waals surface area contributed by atoms with Crippen LogP contribution in [0, 0.1) is 11.8 Å². The fourth-order valence-electron chi connectivity index (χ4n) is 5.75. The highest BCUT2D eigenvalue weighted by Gasteiger charge is 2.34. The van der Waals surface area contributed by atoms with Gasteiger partial charge in [-0.25, -0.2) is 0 Å². The Morgan fingerprint density at radius 2 is 1.90 bits per heavy atom. The summed E-state index contributed by atoms with van der Waals surface area (Å²) in [7, 11) is 3.64. The second kappa shape index (κ2) is 12.1. The van der Waals surface area contributed by atoms with Crippen molar-refractivity contribution in [1.82, 2.24) is 9.78 Å². The lowest BCUT2D eigenvalue weighted by molar-refractivity contribution is -0.137. The Morgan fingerprint density at radius 1 is 1.12 bits per heavy atom. The van der Waals surface area contributed by atoms with Crippen molar-refractivity contribution in [3.8, 4) is 5.75 Å². The van der Waals surface area contributed by atoms with Gasteiger partial charge < -0.3 is 19.6 Å². The Bertz CT molecular complexity index is 1340. The van der Waals surface area contributed by atoms with E-state index < -0.39 is 5.97 Å². The summed E-state index contributed by atoms with van der Waals surface area (Å²) in [4.78, 5) is 28.9. The highest BCUT2D eigenvalue weighted by atomic mass is 16.5. The zero-order chi connectivity index (χ0) is 28.2. The van der Waals surface area contributed by atoms with Crippen LogP contribution in [0.4, 0.5) is 11.4 Å². The quantitative estimate of drug-likeness (QED) is 0.342. The molecule has 1 atom stereocenters. The Balaban J connectivity index is 1.22. The van der Waals surface area contributed by atoms with Crippen molar-refractivity contribution in [2.24, 2.45) is 18.9 Å². The molecule has 2 aromatic carbocycles. The second-order valence-electron chi connectivity index (χ2n) is 11.3. The minimum absolute atomic E-state index is 0.0385. The number of carbonyl (C=O) groups is 2. The molecule has 5 rings (SSSR count). The minimum Gasteiger partial charge on any atom is -0.493 e. The van der Waals surface area contributed by atoms with Crippen molar-refractivity contribution >= 4 is 23.3 Å². The lowest BCUT2D eigenvalue weighted by atomic mass is 9.91. The van der Waals surface area contributed by atoms with Gasteiger partial charge in [0.15, 0.2) is 0 Å². The summed E-state index contributed by atoms with van der Waals surface area (Å²) < 4.78 is 7.93. The number of carboxylic acid groups (broad SMARTS) is 1. The number of aliphatic carboxylic acids is 1. The van der Waals surface area contributed by atoms with Gasteiger partial charge in [0.25, 0.3) is 5.91 Å². The van der Waals surface area contributed by atoms with Gasteiger partial charge in [-0.3, -0.25) is 14.3 Å². The Hall–Kier alpha value is -3.81. The third-order valence-electron chi connectivity index (χ3n) is 8.40. The summed E-state index contributed by atoms with van der Waals surface area (Å²) in [6, 6.07) is 14.2. The first kappa shape index (κ1) is 27.7. The first-order chi connectivity index (χ1) is 19.3. The molecule has 8 nitrogen and oxygen atoms in total. The monoisotopic (exact) mass is 544 g/mol. The molecule has 1 aliphatic carbocycles. The number of hydrogen-bond donors (Lipinski definition) is 1.